The van der Waals surface area contributed by atoms with E-state index in [4.69, 9.17) is 4.98 Å². The van der Waals surface area contributed by atoms with Crippen molar-refractivity contribution >= 4 is 17.4 Å². The number of piperidine rings is 1. The van der Waals surface area contributed by atoms with Crippen LogP contribution in [-0.4, -0.2) is 38.5 Å². The highest BCUT2D eigenvalue weighted by atomic mass is 32.1. The summed E-state index contributed by atoms with van der Waals surface area (Å²) in [5.41, 5.74) is 4.30. The lowest BCUT2D eigenvalue weighted by Crippen LogP contribution is -2.39. The zero-order valence-corrected chi connectivity index (χ0v) is 17.4. The topological polar surface area (TPSA) is 59.0 Å². The Morgan fingerprint density at radius 2 is 2.10 bits per heavy atom. The van der Waals surface area contributed by atoms with E-state index < -0.39 is 0 Å². The molecule has 1 fully saturated rings. The monoisotopic (exact) mass is 410 g/mol. The molecule has 7 heteroatoms. The fourth-order valence-electron chi connectivity index (χ4n) is 3.92. The zero-order valence-electron chi connectivity index (χ0n) is 16.6. The van der Waals surface area contributed by atoms with Gasteiger partial charge in [-0.15, -0.1) is 5.10 Å². The van der Waals surface area contributed by atoms with Crippen LogP contribution in [-0.2, 0) is 6.42 Å². The highest BCUT2D eigenvalue weighted by Crippen LogP contribution is 2.29. The number of carbonyl (C=O) groups is 1. The van der Waals surface area contributed by atoms with Gasteiger partial charge < -0.3 is 4.90 Å². The molecule has 0 unspecified atom stereocenters. The molecule has 1 aromatic carbocycles. The first-order valence-electron chi connectivity index (χ1n) is 9.80. The second-order valence-electron chi connectivity index (χ2n) is 7.59. The van der Waals surface area contributed by atoms with Gasteiger partial charge in [0.1, 0.15) is 10.7 Å². The van der Waals surface area contributed by atoms with Crippen molar-refractivity contribution in [1.82, 2.24) is 19.5 Å². The number of nitrogens with zero attached hydrogens (tertiary/aromatic N) is 4. The van der Waals surface area contributed by atoms with Crippen molar-refractivity contribution in [2.45, 2.75) is 39.0 Å². The first-order valence-corrected chi connectivity index (χ1v) is 10.6. The number of carbonyl (C=O) groups excluding carboxylic acids is 1. The number of rotatable bonds is 4. The van der Waals surface area contributed by atoms with Crippen LogP contribution in [0.3, 0.4) is 0 Å². The van der Waals surface area contributed by atoms with E-state index in [1.807, 2.05) is 36.9 Å². The number of amides is 1. The van der Waals surface area contributed by atoms with E-state index in [1.54, 1.807) is 6.07 Å². The van der Waals surface area contributed by atoms with E-state index in [9.17, 15) is 9.18 Å². The Balaban J connectivity index is 1.54. The average molecular weight is 411 g/mol. The van der Waals surface area contributed by atoms with E-state index >= 15 is 0 Å². The van der Waals surface area contributed by atoms with Crippen molar-refractivity contribution in [1.29, 1.82) is 0 Å². The molecule has 1 aliphatic heterocycles. The second-order valence-corrected chi connectivity index (χ2v) is 8.34. The van der Waals surface area contributed by atoms with Crippen molar-refractivity contribution in [2.24, 2.45) is 0 Å². The van der Waals surface area contributed by atoms with E-state index in [0.717, 1.165) is 47.9 Å². The quantitative estimate of drug-likeness (QED) is 0.643. The van der Waals surface area contributed by atoms with Gasteiger partial charge in [-0.05, 0) is 67.5 Å². The summed E-state index contributed by atoms with van der Waals surface area (Å²) in [7, 11) is 0. The van der Waals surface area contributed by atoms with Crippen LogP contribution in [0, 0.1) is 19.7 Å². The molecule has 0 radical (unpaired) electrons. The maximum Gasteiger partial charge on any atom is 0.267 e. The maximum absolute atomic E-state index is 14.1. The molecule has 150 valence electrons. The third-order valence-corrected chi connectivity index (χ3v) is 6.17. The molecule has 0 bridgehead atoms. The molecule has 3 aromatic rings. The van der Waals surface area contributed by atoms with Crippen LogP contribution in [0.1, 0.15) is 56.6 Å². The SMILES string of the molecule is Cc1cc(Cc2ccccc2F)cc([C@@H]2CCCN(C(=O)c3snnc3C)C2)n1. The minimum absolute atomic E-state index is 0.00133. The molecule has 29 heavy (non-hydrogen) atoms. The van der Waals surface area contributed by atoms with Gasteiger partial charge in [0, 0.05) is 36.8 Å². The van der Waals surface area contributed by atoms with Gasteiger partial charge in [-0.25, -0.2) is 4.39 Å². The Bertz CT molecular complexity index is 1040. The molecule has 1 aliphatic rings. The summed E-state index contributed by atoms with van der Waals surface area (Å²) in [5, 5.41) is 3.96. The van der Waals surface area contributed by atoms with Gasteiger partial charge in [0.25, 0.3) is 5.91 Å². The Kier molecular flexibility index (Phi) is 5.67. The summed E-state index contributed by atoms with van der Waals surface area (Å²) in [4.78, 5) is 20.1. The fourth-order valence-corrected chi connectivity index (χ4v) is 4.54. The average Bonchev–Trinajstić information content (AvgIpc) is 3.15. The smallest absolute Gasteiger partial charge is 0.267 e. The van der Waals surface area contributed by atoms with Crippen LogP contribution >= 0.6 is 11.5 Å². The standard InChI is InChI=1S/C22H23FN4OS/c1-14-10-16(11-17-6-3-4-8-19(17)23)12-20(24-14)18-7-5-9-27(13-18)22(28)21-15(2)25-26-29-21/h3-4,6,8,10,12,18H,5,7,9,11,13H2,1-2H3/t18-/m1/s1. The molecule has 2 aromatic heterocycles. The summed E-state index contributed by atoms with van der Waals surface area (Å²) < 4.78 is 18.0. The summed E-state index contributed by atoms with van der Waals surface area (Å²) in [5.74, 6) is -0.0129. The van der Waals surface area contributed by atoms with Crippen molar-refractivity contribution < 1.29 is 9.18 Å². The lowest BCUT2D eigenvalue weighted by atomic mass is 9.92. The highest BCUT2D eigenvalue weighted by molar-refractivity contribution is 7.07. The highest BCUT2D eigenvalue weighted by Gasteiger charge is 2.28. The molecule has 0 N–H and O–H groups in total. The molecule has 4 rings (SSSR count). The van der Waals surface area contributed by atoms with Gasteiger partial charge in [-0.2, -0.15) is 0 Å². The first-order chi connectivity index (χ1) is 14.0. The van der Waals surface area contributed by atoms with Crippen LogP contribution in [0.15, 0.2) is 36.4 Å². The second kappa shape index (κ2) is 8.37. The third-order valence-electron chi connectivity index (χ3n) is 5.36. The summed E-state index contributed by atoms with van der Waals surface area (Å²) >= 11 is 1.15. The van der Waals surface area contributed by atoms with Crippen LogP contribution in [0.25, 0.3) is 0 Å². The molecule has 1 amide bonds. The van der Waals surface area contributed by atoms with Gasteiger partial charge in [-0.3, -0.25) is 9.78 Å². The molecular formula is C22H23FN4OS. The number of pyridine rings is 1. The largest absolute Gasteiger partial charge is 0.337 e. The molecule has 1 saturated heterocycles. The van der Waals surface area contributed by atoms with Crippen LogP contribution in [0.2, 0.25) is 0 Å². The molecule has 3 heterocycles. The predicted molar refractivity (Wildman–Crippen MR) is 111 cm³/mol. The Morgan fingerprint density at radius 1 is 1.28 bits per heavy atom. The van der Waals surface area contributed by atoms with Crippen LogP contribution in [0.5, 0.6) is 0 Å². The van der Waals surface area contributed by atoms with Gasteiger partial charge >= 0.3 is 0 Å². The van der Waals surface area contributed by atoms with E-state index in [0.29, 0.717) is 29.1 Å². The van der Waals surface area contributed by atoms with Gasteiger partial charge in [0.15, 0.2) is 0 Å². The molecule has 5 nitrogen and oxygen atoms in total. The van der Waals surface area contributed by atoms with E-state index in [-0.39, 0.29) is 17.6 Å². The Hall–Kier alpha value is -2.67. The van der Waals surface area contributed by atoms with Crippen molar-refractivity contribution in [3.8, 4) is 0 Å². The molecule has 0 aliphatic carbocycles. The van der Waals surface area contributed by atoms with Crippen molar-refractivity contribution in [3.05, 3.63) is 75.3 Å². The molecule has 0 spiro atoms. The number of aryl methyl sites for hydroxylation is 2. The zero-order chi connectivity index (χ0) is 20.4. The number of hydrogen-bond acceptors (Lipinski definition) is 5. The minimum atomic E-state index is -0.188. The number of benzene rings is 1. The van der Waals surface area contributed by atoms with Crippen molar-refractivity contribution in [2.75, 3.05) is 13.1 Å². The summed E-state index contributed by atoms with van der Waals surface area (Å²) in [6.45, 7) is 5.15. The molecule has 0 saturated carbocycles. The van der Waals surface area contributed by atoms with E-state index in [1.165, 1.54) is 6.07 Å². The molecular weight excluding hydrogens is 387 g/mol. The third kappa shape index (κ3) is 4.34. The van der Waals surface area contributed by atoms with Crippen molar-refractivity contribution in [3.63, 3.8) is 0 Å². The predicted octanol–water partition coefficient (Wildman–Crippen LogP) is 4.30. The normalized spacial score (nSPS) is 16.8. The lowest BCUT2D eigenvalue weighted by Gasteiger charge is -2.32. The summed E-state index contributed by atoms with van der Waals surface area (Å²) in [6.07, 6.45) is 2.45. The molecule has 1 atom stereocenters. The van der Waals surface area contributed by atoms with Crippen LogP contribution < -0.4 is 0 Å². The summed E-state index contributed by atoms with van der Waals surface area (Å²) in [6, 6.07) is 10.9. The van der Waals surface area contributed by atoms with Gasteiger partial charge in [0.05, 0.1) is 5.69 Å². The van der Waals surface area contributed by atoms with Crippen LogP contribution in [0.4, 0.5) is 4.39 Å². The Labute approximate surface area is 173 Å². The fraction of sp³-hybridized carbons (Fsp3) is 0.364. The Morgan fingerprint density at radius 3 is 2.86 bits per heavy atom. The van der Waals surface area contributed by atoms with Gasteiger partial charge in [-0.1, -0.05) is 22.7 Å². The first kappa shape index (κ1) is 19.6. The lowest BCUT2D eigenvalue weighted by molar-refractivity contribution is 0.0710. The maximum atomic E-state index is 14.1. The van der Waals surface area contributed by atoms with E-state index in [2.05, 4.69) is 15.7 Å². The minimum Gasteiger partial charge on any atom is -0.337 e. The number of likely N-dealkylation sites (tertiary alicyclic amines) is 1. The van der Waals surface area contributed by atoms with Gasteiger partial charge in [0.2, 0.25) is 0 Å². The number of hydrogen-bond donors (Lipinski definition) is 0. The number of aromatic nitrogens is 3. The number of halogens is 1.